The third-order valence-electron chi connectivity index (χ3n) is 3.32. The van der Waals surface area contributed by atoms with Crippen LogP contribution in [0.5, 0.6) is 0 Å². The van der Waals surface area contributed by atoms with Gasteiger partial charge in [-0.1, -0.05) is 41.5 Å². The van der Waals surface area contributed by atoms with E-state index in [2.05, 4.69) is 63.5 Å². The molecule has 1 aromatic heterocycles. The second-order valence-electron chi connectivity index (χ2n) is 5.94. The first-order chi connectivity index (χ1) is 8.30. The fraction of sp³-hybridized carbons (Fsp3) is 0.692. The molecule has 0 fully saturated rings. The van der Waals surface area contributed by atoms with Crippen LogP contribution in [-0.4, -0.2) is 18.1 Å². The lowest BCUT2D eigenvalue weighted by Crippen LogP contribution is -2.56. The van der Waals surface area contributed by atoms with Gasteiger partial charge in [-0.3, -0.25) is 0 Å². The number of furan rings is 1. The van der Waals surface area contributed by atoms with Crippen molar-refractivity contribution in [2.45, 2.75) is 58.2 Å². The van der Waals surface area contributed by atoms with Crippen molar-refractivity contribution in [1.29, 1.82) is 0 Å². The van der Waals surface area contributed by atoms with Crippen molar-refractivity contribution in [1.82, 2.24) is 0 Å². The van der Waals surface area contributed by atoms with Crippen LogP contribution >= 0.6 is 15.9 Å². The molecule has 0 amide bonds. The van der Waals surface area contributed by atoms with Crippen LogP contribution in [0.1, 0.15) is 41.5 Å². The Balaban J connectivity index is 3.13. The molecule has 0 saturated heterocycles. The second kappa shape index (κ2) is 6.54. The standard InChI is InChI=1S/C13H25BrO2Si2/c1-9(2)17-16-18(10(3)4,11(5)6)13-7-12(14)8-15-13/h7-11H,17H2,1-6H3. The lowest BCUT2D eigenvalue weighted by molar-refractivity contribution is 0.503. The maximum absolute atomic E-state index is 6.58. The van der Waals surface area contributed by atoms with E-state index >= 15 is 0 Å². The van der Waals surface area contributed by atoms with E-state index in [1.807, 2.05) is 0 Å². The van der Waals surface area contributed by atoms with Crippen LogP contribution in [0.25, 0.3) is 0 Å². The van der Waals surface area contributed by atoms with Gasteiger partial charge in [-0.25, -0.2) is 0 Å². The molecule has 0 aromatic carbocycles. The zero-order valence-electron chi connectivity index (χ0n) is 12.3. The Bertz CT molecular complexity index is 367. The molecule has 0 N–H and O–H groups in total. The Morgan fingerprint density at radius 2 is 1.72 bits per heavy atom. The van der Waals surface area contributed by atoms with Gasteiger partial charge in [-0.15, -0.1) is 0 Å². The number of halogens is 1. The summed E-state index contributed by atoms with van der Waals surface area (Å²) in [5.41, 5.74) is 1.75. The van der Waals surface area contributed by atoms with Crippen LogP contribution in [0, 0.1) is 0 Å². The van der Waals surface area contributed by atoms with E-state index in [-0.39, 0.29) is 0 Å². The summed E-state index contributed by atoms with van der Waals surface area (Å²) in [7, 11) is -2.49. The molecule has 1 aromatic rings. The Hall–Kier alpha value is 0.154. The molecule has 0 atom stereocenters. The zero-order valence-corrected chi connectivity index (χ0v) is 16.3. The van der Waals surface area contributed by atoms with Crippen molar-refractivity contribution in [3.8, 4) is 0 Å². The van der Waals surface area contributed by atoms with Crippen LogP contribution in [0.3, 0.4) is 0 Å². The number of rotatable bonds is 6. The van der Waals surface area contributed by atoms with Crippen LogP contribution in [0.2, 0.25) is 16.6 Å². The van der Waals surface area contributed by atoms with Gasteiger partial charge in [0.25, 0.3) is 8.32 Å². The van der Waals surface area contributed by atoms with Crippen molar-refractivity contribution in [2.75, 3.05) is 0 Å². The molecule has 0 bridgehead atoms. The van der Waals surface area contributed by atoms with Crippen molar-refractivity contribution < 1.29 is 8.53 Å². The minimum atomic E-state index is -2.00. The predicted octanol–water partition coefficient (Wildman–Crippen LogP) is 3.94. The van der Waals surface area contributed by atoms with Gasteiger partial charge >= 0.3 is 0 Å². The fourth-order valence-electron chi connectivity index (χ4n) is 2.46. The van der Waals surface area contributed by atoms with Gasteiger partial charge in [-0.2, -0.15) is 0 Å². The molecular weight excluding hydrogens is 324 g/mol. The lowest BCUT2D eigenvalue weighted by atomic mass is 10.5. The molecule has 0 saturated carbocycles. The first kappa shape index (κ1) is 16.2. The van der Waals surface area contributed by atoms with Gasteiger partial charge < -0.3 is 8.53 Å². The zero-order chi connectivity index (χ0) is 13.9. The molecule has 1 rings (SSSR count). The van der Waals surface area contributed by atoms with Crippen molar-refractivity contribution in [3.63, 3.8) is 0 Å². The van der Waals surface area contributed by atoms with Gasteiger partial charge in [0.2, 0.25) is 0 Å². The topological polar surface area (TPSA) is 22.4 Å². The summed E-state index contributed by atoms with van der Waals surface area (Å²) >= 11 is 3.49. The highest BCUT2D eigenvalue weighted by molar-refractivity contribution is 9.10. The summed E-state index contributed by atoms with van der Waals surface area (Å²) in [4.78, 5) is 0. The van der Waals surface area contributed by atoms with Gasteiger partial charge in [0.15, 0.2) is 0 Å². The summed E-state index contributed by atoms with van der Waals surface area (Å²) in [6, 6.07) is 2.11. The van der Waals surface area contributed by atoms with Crippen LogP contribution in [0.4, 0.5) is 0 Å². The largest absolute Gasteiger partial charge is 0.470 e. The Labute approximate surface area is 123 Å². The van der Waals surface area contributed by atoms with E-state index in [4.69, 9.17) is 8.53 Å². The van der Waals surface area contributed by atoms with Crippen LogP contribution < -0.4 is 5.38 Å². The highest BCUT2D eigenvalue weighted by Gasteiger charge is 2.46. The Morgan fingerprint density at radius 1 is 1.17 bits per heavy atom. The fourth-order valence-corrected chi connectivity index (χ4v) is 11.7. The van der Waals surface area contributed by atoms with Crippen LogP contribution in [-0.2, 0) is 4.12 Å². The first-order valence-electron chi connectivity index (χ1n) is 6.69. The van der Waals surface area contributed by atoms with E-state index in [9.17, 15) is 0 Å². The highest BCUT2D eigenvalue weighted by atomic mass is 79.9. The molecule has 0 spiro atoms. The molecule has 0 aliphatic carbocycles. The van der Waals surface area contributed by atoms with Gasteiger partial charge in [0, 0.05) is 0 Å². The third-order valence-corrected chi connectivity index (χ3v) is 11.4. The summed E-state index contributed by atoms with van der Waals surface area (Å²) in [6.45, 7) is 13.6. The molecule has 1 heterocycles. The Kier molecular flexibility index (Phi) is 5.89. The van der Waals surface area contributed by atoms with E-state index in [1.165, 1.54) is 0 Å². The minimum Gasteiger partial charge on any atom is -0.470 e. The molecule has 0 aliphatic heterocycles. The lowest BCUT2D eigenvalue weighted by Gasteiger charge is -2.37. The van der Waals surface area contributed by atoms with E-state index < -0.39 is 18.1 Å². The average Bonchev–Trinajstić information content (AvgIpc) is 2.64. The maximum Gasteiger partial charge on any atom is 0.258 e. The quantitative estimate of drug-likeness (QED) is 0.726. The molecule has 0 radical (unpaired) electrons. The smallest absolute Gasteiger partial charge is 0.258 e. The molecular formula is C13H25BrO2Si2. The average molecular weight is 349 g/mol. The SMILES string of the molecule is CC(C)[SiH2]O[Si](c1cc(Br)co1)(C(C)C)C(C)C. The van der Waals surface area contributed by atoms with Crippen molar-refractivity contribution >= 4 is 39.4 Å². The summed E-state index contributed by atoms with van der Waals surface area (Å²) < 4.78 is 13.4. The first-order valence-corrected chi connectivity index (χ1v) is 10.9. The van der Waals surface area contributed by atoms with Crippen LogP contribution in [0.15, 0.2) is 21.2 Å². The normalized spacial score (nSPS) is 13.7. The summed E-state index contributed by atoms with van der Waals surface area (Å²) in [5, 5.41) is 1.09. The maximum atomic E-state index is 6.58. The molecule has 18 heavy (non-hydrogen) atoms. The molecule has 5 heteroatoms. The summed E-state index contributed by atoms with van der Waals surface area (Å²) in [6.07, 6.45) is 1.78. The second-order valence-corrected chi connectivity index (χ2v) is 14.4. The third kappa shape index (κ3) is 3.37. The summed E-state index contributed by atoms with van der Waals surface area (Å²) in [5.74, 6) is 0. The molecule has 2 nitrogen and oxygen atoms in total. The monoisotopic (exact) mass is 348 g/mol. The van der Waals surface area contributed by atoms with Gasteiger partial charge in [-0.05, 0) is 38.6 Å². The van der Waals surface area contributed by atoms with E-state index in [1.54, 1.807) is 6.26 Å². The van der Waals surface area contributed by atoms with Gasteiger partial charge in [0.1, 0.15) is 21.4 Å². The number of hydrogen-bond donors (Lipinski definition) is 0. The Morgan fingerprint density at radius 3 is 2.06 bits per heavy atom. The van der Waals surface area contributed by atoms with Crippen molar-refractivity contribution in [3.05, 3.63) is 16.8 Å². The molecule has 0 unspecified atom stereocenters. The predicted molar refractivity (Wildman–Crippen MR) is 86.7 cm³/mol. The van der Waals surface area contributed by atoms with E-state index in [0.717, 1.165) is 9.86 Å². The van der Waals surface area contributed by atoms with E-state index in [0.29, 0.717) is 16.6 Å². The van der Waals surface area contributed by atoms with Gasteiger partial charge in [0.05, 0.1) is 4.47 Å². The number of hydrogen-bond acceptors (Lipinski definition) is 2. The highest BCUT2D eigenvalue weighted by Crippen LogP contribution is 2.34. The minimum absolute atomic E-state index is 0.492. The molecule has 104 valence electrons. The molecule has 0 aliphatic rings. The van der Waals surface area contributed by atoms with Crippen molar-refractivity contribution in [2.24, 2.45) is 0 Å².